The monoisotopic (exact) mass is 536 g/mol. The molecule has 0 spiro atoms. The lowest BCUT2D eigenvalue weighted by atomic mass is 10.1. The predicted octanol–water partition coefficient (Wildman–Crippen LogP) is 3.15. The Morgan fingerprint density at radius 2 is 2.00 bits per heavy atom. The summed E-state index contributed by atoms with van der Waals surface area (Å²) >= 11 is 3.38. The van der Waals surface area contributed by atoms with Crippen LogP contribution in [0.3, 0.4) is 0 Å². The van der Waals surface area contributed by atoms with Crippen LogP contribution >= 0.6 is 33.9 Å². The van der Waals surface area contributed by atoms with E-state index < -0.39 is 12.6 Å². The molecule has 0 saturated carbocycles. The first kappa shape index (κ1) is 20.6. The molecule has 30 heavy (non-hydrogen) atoms. The third kappa shape index (κ3) is 3.63. The minimum Gasteiger partial charge on any atom is -0.493 e. The second-order valence-corrected chi connectivity index (χ2v) is 8.96. The quantitative estimate of drug-likeness (QED) is 0.395. The van der Waals surface area contributed by atoms with Gasteiger partial charge in [-0.2, -0.15) is 0 Å². The van der Waals surface area contributed by atoms with Crippen molar-refractivity contribution in [3.05, 3.63) is 59.4 Å². The lowest BCUT2D eigenvalue weighted by molar-refractivity contribution is -0.139. The Balaban J connectivity index is 1.84. The van der Waals surface area contributed by atoms with Crippen LogP contribution in [0.1, 0.15) is 16.7 Å². The van der Waals surface area contributed by atoms with Gasteiger partial charge in [0.25, 0.3) is 5.56 Å². The molecule has 2 aromatic carbocycles. The molecule has 2 heterocycles. The molecule has 0 amide bonds. The molecular weight excluding hydrogens is 519 g/mol. The summed E-state index contributed by atoms with van der Waals surface area (Å²) in [4.78, 5) is 29.1. The third-order valence-corrected chi connectivity index (χ3v) is 6.51. The molecule has 4 aromatic rings. The predicted molar refractivity (Wildman–Crippen MR) is 124 cm³/mol. The van der Waals surface area contributed by atoms with Crippen molar-refractivity contribution in [2.75, 3.05) is 13.7 Å². The number of nitrogens with zero attached hydrogens (tertiary/aromatic N) is 2. The van der Waals surface area contributed by atoms with Gasteiger partial charge in [-0.05, 0) is 83.5 Å². The zero-order chi connectivity index (χ0) is 21.6. The number of fused-ring (bicyclic) bond motifs is 3. The number of carbonyl (C=O) groups is 1. The zero-order valence-corrected chi connectivity index (χ0v) is 19.3. The van der Waals surface area contributed by atoms with E-state index in [1.54, 1.807) is 16.5 Å². The molecule has 7 nitrogen and oxygen atoms in total. The van der Waals surface area contributed by atoms with E-state index in [-0.39, 0.29) is 5.56 Å². The van der Waals surface area contributed by atoms with E-state index in [0.29, 0.717) is 24.6 Å². The number of aromatic nitrogens is 2. The SMILES string of the molecule is COc1cc(C=c2sc3nc4cc(C)c(C)cc4n3c2=O)cc(I)c1OCC(=O)O. The Morgan fingerprint density at radius 1 is 1.27 bits per heavy atom. The summed E-state index contributed by atoms with van der Waals surface area (Å²) in [6, 6.07) is 7.51. The lowest BCUT2D eigenvalue weighted by Crippen LogP contribution is -2.22. The molecule has 0 radical (unpaired) electrons. The second-order valence-electron chi connectivity index (χ2n) is 6.79. The Labute approximate surface area is 188 Å². The number of carboxylic acid groups (broad SMARTS) is 1. The Hall–Kier alpha value is -2.66. The van der Waals surface area contributed by atoms with E-state index in [0.717, 1.165) is 27.7 Å². The van der Waals surface area contributed by atoms with E-state index in [9.17, 15) is 9.59 Å². The number of benzene rings is 2. The molecule has 1 N–H and O–H groups in total. The van der Waals surface area contributed by atoms with Crippen LogP contribution in [0.5, 0.6) is 11.5 Å². The first-order valence-corrected chi connectivity index (χ1v) is 10.8. The average Bonchev–Trinajstić information content (AvgIpc) is 3.17. The van der Waals surface area contributed by atoms with E-state index in [2.05, 4.69) is 27.6 Å². The lowest BCUT2D eigenvalue weighted by Gasteiger charge is -2.12. The maximum Gasteiger partial charge on any atom is 0.341 e. The number of aryl methyl sites for hydroxylation is 2. The standard InChI is InChI=1S/C21H17IN2O5S/c1-10-4-14-15(5-11(10)2)24-20(27)17(30-21(24)23-14)8-12-6-13(22)19(16(7-12)28-3)29-9-18(25)26/h4-8H,9H2,1-3H3,(H,25,26). The summed E-state index contributed by atoms with van der Waals surface area (Å²) < 4.78 is 13.6. The van der Waals surface area contributed by atoms with E-state index in [4.69, 9.17) is 14.6 Å². The minimum atomic E-state index is -1.07. The third-order valence-electron chi connectivity index (χ3n) is 4.74. The van der Waals surface area contributed by atoms with Crippen molar-refractivity contribution in [1.82, 2.24) is 9.38 Å². The van der Waals surface area contributed by atoms with Gasteiger partial charge in [-0.1, -0.05) is 11.3 Å². The molecule has 0 atom stereocenters. The van der Waals surface area contributed by atoms with Crippen LogP contribution in [0.25, 0.3) is 22.1 Å². The second kappa shape index (κ2) is 7.88. The summed E-state index contributed by atoms with van der Waals surface area (Å²) in [6.07, 6.45) is 1.78. The van der Waals surface area contributed by atoms with Gasteiger partial charge in [-0.3, -0.25) is 4.79 Å². The van der Waals surface area contributed by atoms with Crippen molar-refractivity contribution >= 4 is 62.0 Å². The summed E-state index contributed by atoms with van der Waals surface area (Å²) in [5.74, 6) is -0.309. The average molecular weight is 536 g/mol. The number of halogens is 1. The van der Waals surface area contributed by atoms with Gasteiger partial charge in [0, 0.05) is 0 Å². The summed E-state index contributed by atoms with van der Waals surface area (Å²) in [7, 11) is 1.48. The fourth-order valence-electron chi connectivity index (χ4n) is 3.17. The first-order valence-electron chi connectivity index (χ1n) is 8.94. The van der Waals surface area contributed by atoms with Crippen molar-refractivity contribution in [1.29, 1.82) is 0 Å². The van der Waals surface area contributed by atoms with Gasteiger partial charge in [0.2, 0.25) is 0 Å². The van der Waals surface area contributed by atoms with Crippen LogP contribution in [0.2, 0.25) is 0 Å². The highest BCUT2D eigenvalue weighted by molar-refractivity contribution is 14.1. The smallest absolute Gasteiger partial charge is 0.341 e. The van der Waals surface area contributed by atoms with Crippen molar-refractivity contribution in [3.8, 4) is 11.5 Å². The fraction of sp³-hybridized carbons (Fsp3) is 0.190. The normalized spacial score (nSPS) is 12.1. The van der Waals surface area contributed by atoms with Crippen molar-refractivity contribution in [2.45, 2.75) is 13.8 Å². The van der Waals surface area contributed by atoms with Crippen LogP contribution in [0.4, 0.5) is 0 Å². The van der Waals surface area contributed by atoms with Crippen molar-refractivity contribution < 1.29 is 19.4 Å². The van der Waals surface area contributed by atoms with Crippen LogP contribution in [0, 0.1) is 17.4 Å². The molecule has 154 valence electrons. The van der Waals surface area contributed by atoms with Gasteiger partial charge in [0.1, 0.15) is 0 Å². The highest BCUT2D eigenvalue weighted by atomic mass is 127. The van der Waals surface area contributed by atoms with Gasteiger partial charge in [-0.15, -0.1) is 0 Å². The zero-order valence-electron chi connectivity index (χ0n) is 16.4. The highest BCUT2D eigenvalue weighted by Gasteiger charge is 2.15. The molecule has 0 bridgehead atoms. The number of carboxylic acids is 1. The molecule has 0 aliphatic rings. The number of thiazole rings is 1. The van der Waals surface area contributed by atoms with E-state index in [1.165, 1.54) is 18.4 Å². The Kier molecular flexibility index (Phi) is 5.41. The molecule has 0 saturated heterocycles. The number of ether oxygens (including phenoxy) is 2. The summed E-state index contributed by atoms with van der Waals surface area (Å²) in [5, 5.41) is 8.85. The number of methoxy groups -OCH3 is 1. The maximum atomic E-state index is 13.1. The Bertz CT molecular complexity index is 1420. The molecule has 0 aliphatic heterocycles. The van der Waals surface area contributed by atoms with Crippen molar-refractivity contribution in [3.63, 3.8) is 0 Å². The van der Waals surface area contributed by atoms with E-state index >= 15 is 0 Å². The number of hydrogen-bond acceptors (Lipinski definition) is 6. The fourth-order valence-corrected chi connectivity index (χ4v) is 4.93. The first-order chi connectivity index (χ1) is 14.3. The summed E-state index contributed by atoms with van der Waals surface area (Å²) in [6.45, 7) is 3.58. The Morgan fingerprint density at radius 3 is 2.70 bits per heavy atom. The minimum absolute atomic E-state index is 0.124. The molecular formula is C21H17IN2O5S. The van der Waals surface area contributed by atoms with Crippen LogP contribution in [-0.2, 0) is 4.79 Å². The number of hydrogen-bond donors (Lipinski definition) is 1. The molecule has 2 aromatic heterocycles. The number of aliphatic carboxylic acids is 1. The molecule has 0 fully saturated rings. The van der Waals surface area contributed by atoms with Gasteiger partial charge in [-0.25, -0.2) is 14.2 Å². The van der Waals surface area contributed by atoms with Crippen LogP contribution in [-0.4, -0.2) is 34.2 Å². The van der Waals surface area contributed by atoms with Crippen molar-refractivity contribution in [2.24, 2.45) is 0 Å². The van der Waals surface area contributed by atoms with E-state index in [1.807, 2.05) is 32.0 Å². The topological polar surface area (TPSA) is 90.1 Å². The molecule has 0 unspecified atom stereocenters. The van der Waals surface area contributed by atoms with Crippen LogP contribution < -0.4 is 19.6 Å². The van der Waals surface area contributed by atoms with Crippen LogP contribution in [0.15, 0.2) is 29.1 Å². The largest absolute Gasteiger partial charge is 0.493 e. The number of imidazole rings is 1. The van der Waals surface area contributed by atoms with Gasteiger partial charge in [0.15, 0.2) is 23.1 Å². The van der Waals surface area contributed by atoms with Gasteiger partial charge >= 0.3 is 5.97 Å². The molecule has 9 heteroatoms. The van der Waals surface area contributed by atoms with Gasteiger partial charge < -0.3 is 14.6 Å². The molecule has 4 rings (SSSR count). The maximum absolute atomic E-state index is 13.1. The molecule has 0 aliphatic carbocycles. The highest BCUT2D eigenvalue weighted by Crippen LogP contribution is 2.34. The summed E-state index contributed by atoms with van der Waals surface area (Å²) in [5.41, 5.74) is 4.48. The van der Waals surface area contributed by atoms with Gasteiger partial charge in [0.05, 0.1) is 26.2 Å². The number of rotatable bonds is 5.